The van der Waals surface area contributed by atoms with Crippen molar-refractivity contribution in [3.8, 4) is 39.8 Å². The summed E-state index contributed by atoms with van der Waals surface area (Å²) < 4.78 is 25.8. The standard InChI is InChI=1S/C44H41N5O8/c1-6-43(53,7-2)30(50)18-22-16-21-14-15-29-27(17-21)44-26-12-8-11-24(33(26)49-42(44)55-29)23-10-9-13-28-31(23)25(19-45-28)36-34(41(52)54-5)47-40(56-36)35-37(44)57-39(48-35)32(20(3)4)46-38(22)51/h8-15,17,19-20,22,32,42,45,49,53H,6-7,16,18H2,1-5H3,(H,46,51)/t22-,32+,42+,44?/m1/s1. The van der Waals surface area contributed by atoms with Crippen molar-refractivity contribution in [3.05, 3.63) is 94.8 Å². The molecule has 290 valence electrons. The van der Waals surface area contributed by atoms with E-state index in [1.807, 2.05) is 62.4 Å². The fraction of sp³-hybridized carbons (Fsp3) is 0.341. The smallest absolute Gasteiger partial charge is 0.360 e. The van der Waals surface area contributed by atoms with Crippen LogP contribution < -0.4 is 15.4 Å². The summed E-state index contributed by atoms with van der Waals surface area (Å²) in [6, 6.07) is 17.1. The SMILES string of the molecule is CCC(O)(CC)C(=O)C[C@H]1Cc2ccc3c(c2)C24c5cccc(c5N[C@H]2O3)-c2cccc3[nH]cc(c23)-c2oc(nc2C(=O)OC)-c2nc(oc24)[C@H](C(C)C)NC1=O. The number of ether oxygens (including phenoxy) is 2. The molecule has 3 aromatic heterocycles. The van der Waals surface area contributed by atoms with Crippen LogP contribution in [0.15, 0.2) is 69.6 Å². The molecular weight excluding hydrogens is 727 g/mol. The van der Waals surface area contributed by atoms with Gasteiger partial charge in [0.1, 0.15) is 22.8 Å². The van der Waals surface area contributed by atoms with Crippen molar-refractivity contribution in [2.45, 2.75) is 76.7 Å². The van der Waals surface area contributed by atoms with Crippen LogP contribution in [0.1, 0.15) is 91.8 Å². The Kier molecular flexibility index (Phi) is 7.66. The number of amides is 1. The Morgan fingerprint density at radius 2 is 1.79 bits per heavy atom. The van der Waals surface area contributed by atoms with E-state index in [-0.39, 0.29) is 72.2 Å². The largest absolute Gasteiger partial charge is 0.469 e. The zero-order chi connectivity index (χ0) is 39.5. The summed E-state index contributed by atoms with van der Waals surface area (Å²) in [5, 5.41) is 19.0. The molecule has 7 heterocycles. The number of Topliss-reactive ketones (excluding diaryl/α,β-unsaturated/α-hetero) is 1. The second kappa shape index (κ2) is 12.4. The summed E-state index contributed by atoms with van der Waals surface area (Å²) in [5.74, 6) is -1.10. The predicted molar refractivity (Wildman–Crippen MR) is 209 cm³/mol. The molecule has 4 atom stereocenters. The molecule has 0 saturated carbocycles. The van der Waals surface area contributed by atoms with E-state index in [0.29, 0.717) is 17.1 Å². The topological polar surface area (TPSA) is 182 Å². The van der Waals surface area contributed by atoms with Gasteiger partial charge in [-0.15, -0.1) is 0 Å². The number of aliphatic hydroxyl groups is 1. The average Bonchev–Trinajstić information content (AvgIpc) is 4.04. The second-order valence-corrected chi connectivity index (χ2v) is 15.9. The highest BCUT2D eigenvalue weighted by Gasteiger charge is 2.62. The molecule has 1 spiro atoms. The number of hydrogen-bond donors (Lipinski definition) is 4. The number of fused-ring (bicyclic) bond motifs is 7. The molecule has 4 aliphatic rings. The van der Waals surface area contributed by atoms with E-state index in [9.17, 15) is 19.5 Å². The van der Waals surface area contributed by atoms with Gasteiger partial charge in [-0.1, -0.05) is 70.2 Å². The number of hydrogen-bond acceptors (Lipinski definition) is 11. The van der Waals surface area contributed by atoms with E-state index in [1.165, 1.54) is 7.11 Å². The number of esters is 1. The van der Waals surface area contributed by atoms with Crippen molar-refractivity contribution in [1.82, 2.24) is 20.3 Å². The molecule has 1 unspecified atom stereocenters. The molecule has 0 radical (unpaired) electrons. The van der Waals surface area contributed by atoms with E-state index in [0.717, 1.165) is 44.4 Å². The molecule has 10 rings (SSSR count). The Labute approximate surface area is 327 Å². The first kappa shape index (κ1) is 35.2. The maximum absolute atomic E-state index is 14.4. The first-order chi connectivity index (χ1) is 27.5. The van der Waals surface area contributed by atoms with Gasteiger partial charge in [-0.3, -0.25) is 9.59 Å². The van der Waals surface area contributed by atoms with Crippen molar-refractivity contribution in [3.63, 3.8) is 0 Å². The molecule has 1 amide bonds. The minimum atomic E-state index is -1.54. The van der Waals surface area contributed by atoms with Crippen molar-refractivity contribution in [2.24, 2.45) is 11.8 Å². The number of benzene rings is 3. The fourth-order valence-corrected chi connectivity index (χ4v) is 9.35. The number of ketones is 1. The summed E-state index contributed by atoms with van der Waals surface area (Å²) in [4.78, 5) is 54.9. The zero-order valence-corrected chi connectivity index (χ0v) is 32.1. The van der Waals surface area contributed by atoms with Gasteiger partial charge in [0.15, 0.2) is 34.9 Å². The van der Waals surface area contributed by atoms with E-state index < -0.39 is 35.2 Å². The minimum absolute atomic E-state index is 0.0238. The first-order valence-electron chi connectivity index (χ1n) is 19.5. The Hall–Kier alpha value is -6.21. The Bertz CT molecular complexity index is 2680. The summed E-state index contributed by atoms with van der Waals surface area (Å²) >= 11 is 0. The van der Waals surface area contributed by atoms with Crippen LogP contribution in [0.3, 0.4) is 0 Å². The van der Waals surface area contributed by atoms with Gasteiger partial charge in [-0.2, -0.15) is 4.98 Å². The van der Waals surface area contributed by atoms with E-state index in [4.69, 9.17) is 28.3 Å². The fourth-order valence-electron chi connectivity index (χ4n) is 9.35. The van der Waals surface area contributed by atoms with Gasteiger partial charge in [0.25, 0.3) is 0 Å². The van der Waals surface area contributed by atoms with Crippen LogP contribution in [0.25, 0.3) is 44.9 Å². The number of H-pyrrole nitrogens is 1. The minimum Gasteiger partial charge on any atom is -0.469 e. The molecule has 0 saturated heterocycles. The highest BCUT2D eigenvalue weighted by molar-refractivity contribution is 6.10. The number of oxazole rings is 2. The molecule has 0 aliphatic carbocycles. The maximum Gasteiger partial charge on any atom is 0.360 e. The van der Waals surface area contributed by atoms with Crippen LogP contribution >= 0.6 is 0 Å². The van der Waals surface area contributed by atoms with Gasteiger partial charge < -0.3 is 39.0 Å². The first-order valence-corrected chi connectivity index (χ1v) is 19.5. The predicted octanol–water partition coefficient (Wildman–Crippen LogP) is 7.22. The lowest BCUT2D eigenvalue weighted by molar-refractivity contribution is -0.141. The summed E-state index contributed by atoms with van der Waals surface area (Å²) in [7, 11) is 1.30. The lowest BCUT2D eigenvalue weighted by atomic mass is 9.72. The maximum atomic E-state index is 14.4. The van der Waals surface area contributed by atoms with Gasteiger partial charge >= 0.3 is 5.97 Å². The number of aromatic amines is 1. The Balaban J connectivity index is 1.30. The highest BCUT2D eigenvalue weighted by atomic mass is 16.5. The van der Waals surface area contributed by atoms with E-state index in [1.54, 1.807) is 20.0 Å². The summed E-state index contributed by atoms with van der Waals surface area (Å²) in [5.41, 5.74) is 3.95. The number of methoxy groups -OCH3 is 1. The van der Waals surface area contributed by atoms with Crippen molar-refractivity contribution in [2.75, 3.05) is 12.4 Å². The lowest BCUT2D eigenvalue weighted by Gasteiger charge is -2.29. The number of nitrogens with zero attached hydrogens (tertiary/aromatic N) is 2. The van der Waals surface area contributed by atoms with Gasteiger partial charge in [-0.25, -0.2) is 9.78 Å². The molecule has 4 aliphatic heterocycles. The van der Waals surface area contributed by atoms with Crippen LogP contribution in [-0.4, -0.2) is 56.7 Å². The summed E-state index contributed by atoms with van der Waals surface area (Å²) in [6.07, 6.45) is 1.61. The van der Waals surface area contributed by atoms with Crippen molar-refractivity contribution < 1.29 is 37.8 Å². The number of carbonyl (C=O) groups is 3. The molecular formula is C44H41N5O8. The normalized spacial score (nSPS) is 21.2. The third-order valence-corrected chi connectivity index (χ3v) is 12.5. The van der Waals surface area contributed by atoms with E-state index in [2.05, 4.69) is 21.7 Å². The van der Waals surface area contributed by atoms with E-state index >= 15 is 0 Å². The van der Waals surface area contributed by atoms with Crippen LogP contribution in [0.2, 0.25) is 0 Å². The van der Waals surface area contributed by atoms with Crippen LogP contribution in [0.4, 0.5) is 5.69 Å². The molecule has 10 bridgehead atoms. The third-order valence-electron chi connectivity index (χ3n) is 12.5. The molecule has 57 heavy (non-hydrogen) atoms. The second-order valence-electron chi connectivity index (χ2n) is 15.9. The average molecular weight is 768 g/mol. The van der Waals surface area contributed by atoms with Crippen LogP contribution in [0.5, 0.6) is 5.75 Å². The Morgan fingerprint density at radius 1 is 1.00 bits per heavy atom. The lowest BCUT2D eigenvalue weighted by Crippen LogP contribution is -2.43. The van der Waals surface area contributed by atoms with Crippen LogP contribution in [0, 0.1) is 11.8 Å². The number of carbonyl (C=O) groups excluding carboxylic acids is 3. The molecule has 4 N–H and O–H groups in total. The number of para-hydroxylation sites is 1. The highest BCUT2D eigenvalue weighted by Crippen LogP contribution is 2.61. The molecule has 3 aromatic carbocycles. The zero-order valence-electron chi connectivity index (χ0n) is 32.1. The van der Waals surface area contributed by atoms with Gasteiger partial charge in [0, 0.05) is 57.4 Å². The quantitative estimate of drug-likeness (QED) is 0.120. The third kappa shape index (κ3) is 4.81. The van der Waals surface area contributed by atoms with Gasteiger partial charge in [0.05, 0.1) is 7.11 Å². The molecule has 13 nitrogen and oxygen atoms in total. The van der Waals surface area contributed by atoms with Crippen molar-refractivity contribution in [1.29, 1.82) is 0 Å². The molecule has 0 fully saturated rings. The molecule has 6 aromatic rings. The van der Waals surface area contributed by atoms with Gasteiger partial charge in [-0.05, 0) is 48.4 Å². The number of rotatable bonds is 7. The summed E-state index contributed by atoms with van der Waals surface area (Å²) in [6.45, 7) is 7.44. The van der Waals surface area contributed by atoms with Gasteiger partial charge in [0.2, 0.25) is 17.7 Å². The molecule has 13 heteroatoms. The number of anilines is 1. The monoisotopic (exact) mass is 767 g/mol. The number of aromatic nitrogens is 3. The Morgan fingerprint density at radius 3 is 2.56 bits per heavy atom. The number of nitrogens with one attached hydrogen (secondary N) is 3. The van der Waals surface area contributed by atoms with Crippen LogP contribution in [-0.2, 0) is 26.2 Å². The van der Waals surface area contributed by atoms with Crippen molar-refractivity contribution >= 4 is 34.3 Å².